The minimum Gasteiger partial charge on any atom is -0.384 e. The van der Waals surface area contributed by atoms with Gasteiger partial charge in [-0.2, -0.15) is 0 Å². The predicted molar refractivity (Wildman–Crippen MR) is 76.6 cm³/mol. The summed E-state index contributed by atoms with van der Waals surface area (Å²) in [5.41, 5.74) is 3.73. The minimum absolute atomic E-state index is 0.321. The van der Waals surface area contributed by atoms with Crippen LogP contribution in [0.3, 0.4) is 0 Å². The molecule has 0 amide bonds. The van der Waals surface area contributed by atoms with Crippen molar-refractivity contribution in [3.63, 3.8) is 0 Å². The molecule has 0 heterocycles. The molecule has 1 atom stereocenters. The van der Waals surface area contributed by atoms with Gasteiger partial charge in [0.1, 0.15) is 11.9 Å². The normalized spacial score (nSPS) is 15.3. The minimum atomic E-state index is -0.904. The van der Waals surface area contributed by atoms with E-state index in [0.717, 1.165) is 18.4 Å². The van der Waals surface area contributed by atoms with E-state index in [4.69, 9.17) is 0 Å². The molecule has 1 aliphatic carbocycles. The summed E-state index contributed by atoms with van der Waals surface area (Å²) in [6, 6.07) is 10.7. The maximum atomic E-state index is 13.9. The molecular formula is C16H14BrFO. The molecule has 1 aliphatic rings. The van der Waals surface area contributed by atoms with Gasteiger partial charge in [-0.25, -0.2) is 4.39 Å². The summed E-state index contributed by atoms with van der Waals surface area (Å²) in [5, 5.41) is 10.3. The maximum absolute atomic E-state index is 13.9. The van der Waals surface area contributed by atoms with Crippen LogP contribution in [0.2, 0.25) is 0 Å². The van der Waals surface area contributed by atoms with Gasteiger partial charge in [0.15, 0.2) is 0 Å². The van der Waals surface area contributed by atoms with E-state index in [9.17, 15) is 9.50 Å². The van der Waals surface area contributed by atoms with Crippen LogP contribution in [0.5, 0.6) is 0 Å². The van der Waals surface area contributed by atoms with E-state index in [1.165, 1.54) is 23.6 Å². The molecule has 0 aromatic heterocycles. The van der Waals surface area contributed by atoms with Gasteiger partial charge in [-0.05, 0) is 48.1 Å². The first-order valence-electron chi connectivity index (χ1n) is 6.40. The quantitative estimate of drug-likeness (QED) is 0.881. The van der Waals surface area contributed by atoms with Crippen LogP contribution in [0.1, 0.15) is 34.8 Å². The summed E-state index contributed by atoms with van der Waals surface area (Å²) in [4.78, 5) is 0. The monoisotopic (exact) mass is 320 g/mol. The van der Waals surface area contributed by atoms with Crippen LogP contribution in [0, 0.1) is 5.82 Å². The zero-order valence-corrected chi connectivity index (χ0v) is 12.0. The number of fused-ring (bicyclic) bond motifs is 1. The van der Waals surface area contributed by atoms with Gasteiger partial charge in [0.05, 0.1) is 0 Å². The Labute approximate surface area is 120 Å². The van der Waals surface area contributed by atoms with Crippen molar-refractivity contribution in [2.24, 2.45) is 0 Å². The Hall–Kier alpha value is -1.19. The molecule has 19 heavy (non-hydrogen) atoms. The molecule has 0 saturated heterocycles. The topological polar surface area (TPSA) is 20.2 Å². The fourth-order valence-electron chi connectivity index (χ4n) is 2.66. The molecular weight excluding hydrogens is 307 g/mol. The molecule has 2 aromatic rings. The molecule has 98 valence electrons. The zero-order chi connectivity index (χ0) is 13.4. The Morgan fingerprint density at radius 1 is 1.05 bits per heavy atom. The third-order valence-electron chi connectivity index (χ3n) is 3.70. The number of rotatable bonds is 2. The van der Waals surface area contributed by atoms with Crippen molar-refractivity contribution in [3.05, 3.63) is 68.9 Å². The Kier molecular flexibility index (Phi) is 3.42. The van der Waals surface area contributed by atoms with Crippen molar-refractivity contribution in [1.82, 2.24) is 0 Å². The van der Waals surface area contributed by atoms with Crippen molar-refractivity contribution in [3.8, 4) is 0 Å². The third kappa shape index (κ3) is 2.45. The molecule has 0 radical (unpaired) electrons. The molecule has 1 nitrogen and oxygen atoms in total. The van der Waals surface area contributed by atoms with E-state index < -0.39 is 6.10 Å². The SMILES string of the molecule is OC(c1ccc2c(c1)CCC2)c1ccc(Br)cc1F. The van der Waals surface area contributed by atoms with Crippen molar-refractivity contribution in [1.29, 1.82) is 0 Å². The average molecular weight is 321 g/mol. The second-order valence-electron chi connectivity index (χ2n) is 4.95. The zero-order valence-electron chi connectivity index (χ0n) is 10.4. The molecule has 2 aromatic carbocycles. The first kappa shape index (κ1) is 12.8. The summed E-state index contributed by atoms with van der Waals surface area (Å²) in [5.74, 6) is -0.387. The lowest BCUT2D eigenvalue weighted by atomic mass is 9.97. The number of aliphatic hydroxyl groups excluding tert-OH is 1. The number of aryl methyl sites for hydroxylation is 2. The highest BCUT2D eigenvalue weighted by Crippen LogP contribution is 2.30. The van der Waals surface area contributed by atoms with Crippen LogP contribution in [-0.4, -0.2) is 5.11 Å². The summed E-state index contributed by atoms with van der Waals surface area (Å²) < 4.78 is 14.5. The smallest absolute Gasteiger partial charge is 0.130 e. The lowest BCUT2D eigenvalue weighted by molar-refractivity contribution is 0.215. The van der Waals surface area contributed by atoms with E-state index in [1.54, 1.807) is 12.1 Å². The molecule has 0 bridgehead atoms. The van der Waals surface area contributed by atoms with Gasteiger partial charge >= 0.3 is 0 Å². The van der Waals surface area contributed by atoms with Gasteiger partial charge < -0.3 is 5.11 Å². The second-order valence-corrected chi connectivity index (χ2v) is 5.87. The molecule has 1 unspecified atom stereocenters. The highest BCUT2D eigenvalue weighted by molar-refractivity contribution is 9.10. The Bertz CT molecular complexity index is 624. The highest BCUT2D eigenvalue weighted by atomic mass is 79.9. The lowest BCUT2D eigenvalue weighted by Gasteiger charge is -2.14. The van der Waals surface area contributed by atoms with E-state index >= 15 is 0 Å². The second kappa shape index (κ2) is 5.06. The van der Waals surface area contributed by atoms with Crippen LogP contribution in [0.4, 0.5) is 4.39 Å². The van der Waals surface area contributed by atoms with E-state index in [1.807, 2.05) is 12.1 Å². The van der Waals surface area contributed by atoms with E-state index in [2.05, 4.69) is 22.0 Å². The number of aliphatic hydroxyl groups is 1. The van der Waals surface area contributed by atoms with E-state index in [-0.39, 0.29) is 5.82 Å². The van der Waals surface area contributed by atoms with Gasteiger partial charge in [0, 0.05) is 10.0 Å². The summed E-state index contributed by atoms with van der Waals surface area (Å²) in [7, 11) is 0. The number of halogens is 2. The Balaban J connectivity index is 1.97. The molecule has 0 spiro atoms. The van der Waals surface area contributed by atoms with Crippen molar-refractivity contribution >= 4 is 15.9 Å². The lowest BCUT2D eigenvalue weighted by Crippen LogP contribution is -2.03. The van der Waals surface area contributed by atoms with Crippen molar-refractivity contribution in [2.45, 2.75) is 25.4 Å². The first-order valence-corrected chi connectivity index (χ1v) is 7.19. The molecule has 3 heteroatoms. The Morgan fingerprint density at radius 3 is 2.63 bits per heavy atom. The number of hydrogen-bond donors (Lipinski definition) is 1. The van der Waals surface area contributed by atoms with Gasteiger partial charge in [0.25, 0.3) is 0 Å². The van der Waals surface area contributed by atoms with Crippen LogP contribution in [0.25, 0.3) is 0 Å². The molecule has 3 rings (SSSR count). The van der Waals surface area contributed by atoms with Crippen molar-refractivity contribution < 1.29 is 9.50 Å². The summed E-state index contributed by atoms with van der Waals surface area (Å²) in [6.07, 6.45) is 2.43. The number of benzene rings is 2. The van der Waals surface area contributed by atoms with Crippen LogP contribution < -0.4 is 0 Å². The Morgan fingerprint density at radius 2 is 1.84 bits per heavy atom. The molecule has 0 fully saturated rings. The van der Waals surface area contributed by atoms with Gasteiger partial charge in [0.2, 0.25) is 0 Å². The predicted octanol–water partition coefficient (Wildman–Crippen LogP) is 4.16. The summed E-state index contributed by atoms with van der Waals surface area (Å²) >= 11 is 3.22. The van der Waals surface area contributed by atoms with Crippen LogP contribution in [0.15, 0.2) is 40.9 Å². The van der Waals surface area contributed by atoms with Gasteiger partial charge in [-0.1, -0.05) is 40.2 Å². The highest BCUT2D eigenvalue weighted by Gasteiger charge is 2.18. The summed E-state index contributed by atoms with van der Waals surface area (Å²) in [6.45, 7) is 0. The fourth-order valence-corrected chi connectivity index (χ4v) is 3.00. The van der Waals surface area contributed by atoms with Crippen LogP contribution >= 0.6 is 15.9 Å². The average Bonchev–Trinajstić information content (AvgIpc) is 2.85. The molecule has 0 saturated carbocycles. The molecule has 0 aliphatic heterocycles. The van der Waals surface area contributed by atoms with E-state index in [0.29, 0.717) is 10.0 Å². The molecule has 1 N–H and O–H groups in total. The third-order valence-corrected chi connectivity index (χ3v) is 4.19. The standard InChI is InChI=1S/C16H14BrFO/c17-13-6-7-14(15(18)9-13)16(19)12-5-4-10-2-1-3-11(10)8-12/h4-9,16,19H,1-3H2. The van der Waals surface area contributed by atoms with Gasteiger partial charge in [-0.3, -0.25) is 0 Å². The largest absolute Gasteiger partial charge is 0.384 e. The van der Waals surface area contributed by atoms with Crippen molar-refractivity contribution in [2.75, 3.05) is 0 Å². The fraction of sp³-hybridized carbons (Fsp3) is 0.250. The van der Waals surface area contributed by atoms with Crippen LogP contribution in [-0.2, 0) is 12.8 Å². The number of hydrogen-bond acceptors (Lipinski definition) is 1. The first-order chi connectivity index (χ1) is 9.15. The maximum Gasteiger partial charge on any atom is 0.130 e. The van der Waals surface area contributed by atoms with Gasteiger partial charge in [-0.15, -0.1) is 0 Å².